The van der Waals surface area contributed by atoms with Gasteiger partial charge in [0, 0.05) is 24.2 Å². The van der Waals surface area contributed by atoms with Gasteiger partial charge in [0.1, 0.15) is 12.0 Å². The Balaban J connectivity index is 1.73. The van der Waals surface area contributed by atoms with Gasteiger partial charge in [-0.05, 0) is 43.7 Å². The Morgan fingerprint density at radius 2 is 2.04 bits per heavy atom. The quantitative estimate of drug-likeness (QED) is 0.399. The monoisotopic (exact) mass is 355 g/mol. The molecule has 4 N–H and O–H groups in total. The van der Waals surface area contributed by atoms with Crippen molar-refractivity contribution in [3.8, 4) is 5.75 Å². The van der Waals surface area contributed by atoms with Gasteiger partial charge < -0.3 is 31.0 Å². The summed E-state index contributed by atoms with van der Waals surface area (Å²) in [7, 11) is 0. The summed E-state index contributed by atoms with van der Waals surface area (Å²) >= 11 is 0. The average Bonchev–Trinajstić information content (AvgIpc) is 3.03. The molecule has 0 aromatic heterocycles. The number of carbonyl (C=O) groups is 1. The highest BCUT2D eigenvalue weighted by Crippen LogP contribution is 2.40. The van der Waals surface area contributed by atoms with Crippen molar-refractivity contribution < 1.29 is 9.53 Å². The van der Waals surface area contributed by atoms with Crippen LogP contribution in [-0.2, 0) is 10.3 Å². The average molecular weight is 355 g/mol. The summed E-state index contributed by atoms with van der Waals surface area (Å²) in [5, 5.41) is 15.9. The third kappa shape index (κ3) is 3.96. The summed E-state index contributed by atoms with van der Waals surface area (Å²) in [6.45, 7) is 3.91. The number of anilines is 2. The summed E-state index contributed by atoms with van der Waals surface area (Å²) in [4.78, 5) is 10.4. The van der Waals surface area contributed by atoms with E-state index < -0.39 is 5.54 Å². The number of aldehydes is 1. The normalized spacial score (nSPS) is 16.1. The number of ether oxygens (including phenoxy) is 1. The van der Waals surface area contributed by atoms with E-state index in [1.807, 2.05) is 56.3 Å². The van der Waals surface area contributed by atoms with E-state index >= 15 is 0 Å². The van der Waals surface area contributed by atoms with Gasteiger partial charge in [-0.15, -0.1) is 0 Å². The van der Waals surface area contributed by atoms with Gasteiger partial charge in [-0.25, -0.2) is 0 Å². The predicted octanol–water partition coefficient (Wildman–Crippen LogP) is 2.90. The third-order valence-electron chi connectivity index (χ3n) is 4.33. The lowest BCUT2D eigenvalue weighted by atomic mass is 9.94. The number of hydrogen-bond acceptors (Lipinski definition) is 7. The van der Waals surface area contributed by atoms with Crippen LogP contribution in [0.15, 0.2) is 42.5 Å². The van der Waals surface area contributed by atoms with E-state index in [-0.39, 0.29) is 19.2 Å². The number of nitrogens with two attached hydrogens (primary N) is 1. The molecule has 7 nitrogen and oxygen atoms in total. The maximum absolute atomic E-state index is 11.9. The lowest BCUT2D eigenvalue weighted by Crippen LogP contribution is -2.46. The lowest BCUT2D eigenvalue weighted by Gasteiger charge is -2.38. The van der Waals surface area contributed by atoms with Crippen LogP contribution in [0, 0.1) is 5.21 Å². The maximum Gasteiger partial charge on any atom is 0.196 e. The molecular formula is C19H23N4O3-. The lowest BCUT2D eigenvalue weighted by molar-refractivity contribution is -0.108. The van der Waals surface area contributed by atoms with Gasteiger partial charge in [0.15, 0.2) is 6.23 Å². The van der Waals surface area contributed by atoms with Crippen molar-refractivity contribution in [2.75, 3.05) is 17.6 Å². The van der Waals surface area contributed by atoms with Gasteiger partial charge in [-0.3, -0.25) is 5.43 Å². The Bertz CT molecular complexity index is 777. The summed E-state index contributed by atoms with van der Waals surface area (Å²) in [6, 6.07) is 13.3. The van der Waals surface area contributed by atoms with Gasteiger partial charge in [0.2, 0.25) is 0 Å². The number of carbonyl (C=O) groups excluding carboxylic acids is 1. The van der Waals surface area contributed by atoms with E-state index in [9.17, 15) is 10.0 Å². The molecule has 3 rings (SSSR count). The van der Waals surface area contributed by atoms with Crippen LogP contribution in [0.2, 0.25) is 0 Å². The highest BCUT2D eigenvalue weighted by atomic mass is 16.5. The molecule has 0 bridgehead atoms. The molecule has 1 heterocycles. The molecule has 0 amide bonds. The Morgan fingerprint density at radius 1 is 1.31 bits per heavy atom. The number of benzene rings is 2. The topological polar surface area (TPSA) is 103 Å². The van der Waals surface area contributed by atoms with Crippen LogP contribution in [0.1, 0.15) is 37.6 Å². The van der Waals surface area contributed by atoms with Crippen molar-refractivity contribution in [2.24, 2.45) is 0 Å². The number of nitrogens with zero attached hydrogens (tertiary/aromatic N) is 1. The standard InChI is InChI=1S/C19H23N4O3/c1-19(2,22-23(25)10-3-11-24)14-6-9-16-17(12-14)26-18(21-16)13-4-7-15(20)8-5-13/h4-9,11-12,18,21-22H,3,10,20H2,1-2H3/q-1. The van der Waals surface area contributed by atoms with E-state index in [1.54, 1.807) is 0 Å². The van der Waals surface area contributed by atoms with Gasteiger partial charge in [0.05, 0.1) is 11.2 Å². The first-order chi connectivity index (χ1) is 12.4. The van der Waals surface area contributed by atoms with Crippen molar-refractivity contribution in [2.45, 2.75) is 32.0 Å². The van der Waals surface area contributed by atoms with Crippen LogP contribution in [-0.4, -0.2) is 18.0 Å². The second kappa shape index (κ2) is 7.33. The molecule has 2 aromatic carbocycles. The van der Waals surface area contributed by atoms with Crippen LogP contribution >= 0.6 is 0 Å². The summed E-state index contributed by atoms with van der Waals surface area (Å²) in [5.41, 5.74) is 11.5. The Morgan fingerprint density at radius 3 is 2.73 bits per heavy atom. The minimum atomic E-state index is -0.609. The molecule has 0 saturated heterocycles. The second-order valence-corrected chi connectivity index (χ2v) is 6.81. The fourth-order valence-corrected chi connectivity index (χ4v) is 2.85. The van der Waals surface area contributed by atoms with Crippen LogP contribution in [0.4, 0.5) is 11.4 Å². The van der Waals surface area contributed by atoms with Gasteiger partial charge >= 0.3 is 0 Å². The first-order valence-corrected chi connectivity index (χ1v) is 8.48. The van der Waals surface area contributed by atoms with Crippen molar-refractivity contribution in [3.05, 3.63) is 58.8 Å². The zero-order valence-corrected chi connectivity index (χ0v) is 14.9. The molecule has 1 unspecified atom stereocenters. The van der Waals surface area contributed by atoms with Crippen molar-refractivity contribution in [3.63, 3.8) is 0 Å². The molecule has 2 aromatic rings. The maximum atomic E-state index is 11.9. The fourth-order valence-electron chi connectivity index (χ4n) is 2.85. The molecule has 0 aliphatic carbocycles. The van der Waals surface area contributed by atoms with Crippen molar-refractivity contribution in [1.82, 2.24) is 10.6 Å². The van der Waals surface area contributed by atoms with Crippen LogP contribution < -0.4 is 21.2 Å². The molecule has 1 atom stereocenters. The van der Waals surface area contributed by atoms with E-state index in [2.05, 4.69) is 10.7 Å². The molecule has 1 aliphatic heterocycles. The van der Waals surface area contributed by atoms with Gasteiger partial charge in [-0.2, -0.15) is 0 Å². The van der Waals surface area contributed by atoms with Crippen LogP contribution in [0.25, 0.3) is 0 Å². The Labute approximate surface area is 152 Å². The predicted molar refractivity (Wildman–Crippen MR) is 101 cm³/mol. The van der Waals surface area contributed by atoms with E-state index in [1.165, 1.54) is 0 Å². The van der Waals surface area contributed by atoms with Crippen LogP contribution in [0.3, 0.4) is 0 Å². The Kier molecular flexibility index (Phi) is 5.13. The molecule has 0 saturated carbocycles. The number of hydroxylamine groups is 1. The zero-order chi connectivity index (χ0) is 18.7. The fraction of sp³-hybridized carbons (Fsp3) is 0.316. The third-order valence-corrected chi connectivity index (χ3v) is 4.33. The van der Waals surface area contributed by atoms with E-state index in [4.69, 9.17) is 10.5 Å². The SMILES string of the molecule is CC(C)(NN([O-])CCC=O)c1ccc2c(c1)OC(c1ccc(N)cc1)N2. The molecule has 0 spiro atoms. The molecule has 0 fully saturated rings. The summed E-state index contributed by atoms with van der Waals surface area (Å²) in [5.74, 6) is 0.726. The molecule has 138 valence electrons. The molecular weight excluding hydrogens is 332 g/mol. The summed E-state index contributed by atoms with van der Waals surface area (Å²) < 4.78 is 6.02. The number of nitrogen functional groups attached to an aromatic ring is 1. The number of hydrazine groups is 1. The molecule has 0 radical (unpaired) electrons. The first kappa shape index (κ1) is 18.2. The van der Waals surface area contributed by atoms with Crippen LogP contribution in [0.5, 0.6) is 5.75 Å². The molecule has 1 aliphatic rings. The minimum absolute atomic E-state index is 0.106. The van der Waals surface area contributed by atoms with E-state index in [0.29, 0.717) is 10.9 Å². The van der Waals surface area contributed by atoms with Crippen molar-refractivity contribution >= 4 is 17.7 Å². The zero-order valence-electron chi connectivity index (χ0n) is 14.9. The number of nitrogens with one attached hydrogen (secondary N) is 2. The van der Waals surface area contributed by atoms with Gasteiger partial charge in [-0.1, -0.05) is 18.2 Å². The van der Waals surface area contributed by atoms with Gasteiger partial charge in [0.25, 0.3) is 0 Å². The molecule has 7 heteroatoms. The summed E-state index contributed by atoms with van der Waals surface area (Å²) in [6.07, 6.45) is 0.638. The highest BCUT2D eigenvalue weighted by Gasteiger charge is 2.27. The number of fused-ring (bicyclic) bond motifs is 1. The van der Waals surface area contributed by atoms with Crippen molar-refractivity contribution in [1.29, 1.82) is 0 Å². The minimum Gasteiger partial charge on any atom is -0.772 e. The van der Waals surface area contributed by atoms with E-state index in [0.717, 1.165) is 28.8 Å². The highest BCUT2D eigenvalue weighted by molar-refractivity contribution is 5.62. The first-order valence-electron chi connectivity index (χ1n) is 8.48. The second-order valence-electron chi connectivity index (χ2n) is 6.81. The smallest absolute Gasteiger partial charge is 0.196 e. The number of rotatable bonds is 7. The number of hydrogen-bond donors (Lipinski definition) is 3. The molecule has 26 heavy (non-hydrogen) atoms. The largest absolute Gasteiger partial charge is 0.772 e. The Hall–Kier alpha value is -2.61.